The Labute approximate surface area is 148 Å². The number of carbonyl (C=O) groups is 1. The highest BCUT2D eigenvalue weighted by Crippen LogP contribution is 2.35. The number of nitrogens with zero attached hydrogens (tertiary/aromatic N) is 1. The Kier molecular flexibility index (Phi) is 5.66. The first-order chi connectivity index (χ1) is 11.0. The molecule has 0 saturated carbocycles. The molecule has 1 unspecified atom stereocenters. The maximum absolute atomic E-state index is 13.8. The normalized spacial score (nSPS) is 21.5. The van der Waals surface area contributed by atoms with Crippen molar-refractivity contribution in [3.8, 4) is 0 Å². The van der Waals surface area contributed by atoms with E-state index < -0.39 is 35.0 Å². The van der Waals surface area contributed by atoms with Crippen LogP contribution in [0.15, 0.2) is 27.6 Å². The van der Waals surface area contributed by atoms with Gasteiger partial charge in [0, 0.05) is 30.4 Å². The highest BCUT2D eigenvalue weighted by Gasteiger charge is 2.45. The monoisotopic (exact) mass is 424 g/mol. The van der Waals surface area contributed by atoms with Crippen molar-refractivity contribution < 1.29 is 22.0 Å². The number of piperidine rings is 1. The van der Waals surface area contributed by atoms with Gasteiger partial charge in [-0.15, -0.1) is 0 Å². The molecular formula is C15H19BrF2N2O3S. The lowest BCUT2D eigenvalue weighted by molar-refractivity contribution is -0.119. The van der Waals surface area contributed by atoms with Gasteiger partial charge in [-0.1, -0.05) is 22.0 Å². The van der Waals surface area contributed by atoms with Crippen LogP contribution in [0.5, 0.6) is 0 Å². The molecule has 1 aromatic rings. The highest BCUT2D eigenvalue weighted by atomic mass is 79.9. The second-order valence-electron chi connectivity index (χ2n) is 5.95. The number of rotatable bonds is 4. The van der Waals surface area contributed by atoms with Crippen molar-refractivity contribution in [2.24, 2.45) is 0 Å². The summed E-state index contributed by atoms with van der Waals surface area (Å²) in [5, 5.41) is 2.52. The molecule has 1 atom stereocenters. The number of hydrogen-bond acceptors (Lipinski definition) is 3. The van der Waals surface area contributed by atoms with Crippen molar-refractivity contribution in [2.45, 2.75) is 43.5 Å². The third-order valence-electron chi connectivity index (χ3n) is 3.96. The Hall–Kier alpha value is -1.06. The third-order valence-corrected chi connectivity index (χ3v) is 6.49. The maximum Gasteiger partial charge on any atom is 0.261 e. The van der Waals surface area contributed by atoms with Crippen molar-refractivity contribution >= 4 is 31.9 Å². The molecule has 0 spiro atoms. The quantitative estimate of drug-likeness (QED) is 0.807. The van der Waals surface area contributed by atoms with Crippen LogP contribution in [0.25, 0.3) is 0 Å². The van der Waals surface area contributed by atoms with Gasteiger partial charge in [0.1, 0.15) is 0 Å². The molecule has 1 saturated heterocycles. The van der Waals surface area contributed by atoms with E-state index in [2.05, 4.69) is 21.2 Å². The van der Waals surface area contributed by atoms with Gasteiger partial charge in [0.15, 0.2) is 0 Å². The standard InChI is InChI=1S/C15H19BrF2N2O3S/c1-10-3-4-12(16)7-14(10)24(22,23)20-9-15(17,18)6-5-13(20)8-19-11(2)21/h3-4,7,13H,5-6,8-9H2,1-2H3,(H,19,21). The number of sulfonamides is 1. The lowest BCUT2D eigenvalue weighted by atomic mass is 10.0. The summed E-state index contributed by atoms with van der Waals surface area (Å²) in [7, 11) is -4.11. The SMILES string of the molecule is CC(=O)NCC1CCC(F)(F)CN1S(=O)(=O)c1cc(Br)ccc1C. The summed E-state index contributed by atoms with van der Waals surface area (Å²) in [6.45, 7) is 2.04. The van der Waals surface area contributed by atoms with Gasteiger partial charge >= 0.3 is 0 Å². The van der Waals surface area contributed by atoms with Gasteiger partial charge in [-0.2, -0.15) is 4.31 Å². The molecule has 0 radical (unpaired) electrons. The molecule has 1 aliphatic rings. The minimum absolute atomic E-state index is 0.0116. The zero-order valence-corrected chi connectivity index (χ0v) is 15.8. The molecule has 1 aliphatic heterocycles. The highest BCUT2D eigenvalue weighted by molar-refractivity contribution is 9.10. The van der Waals surface area contributed by atoms with E-state index in [4.69, 9.17) is 0 Å². The molecule has 1 aromatic carbocycles. The minimum Gasteiger partial charge on any atom is -0.355 e. The number of halogens is 3. The Morgan fingerprint density at radius 2 is 2.12 bits per heavy atom. The molecule has 9 heteroatoms. The van der Waals surface area contributed by atoms with Gasteiger partial charge in [-0.3, -0.25) is 4.79 Å². The molecule has 24 heavy (non-hydrogen) atoms. The zero-order chi connectivity index (χ0) is 18.1. The van der Waals surface area contributed by atoms with Crippen LogP contribution in [0.3, 0.4) is 0 Å². The predicted octanol–water partition coefficient (Wildman–Crippen LogP) is 2.68. The number of hydrogen-bond donors (Lipinski definition) is 1. The molecule has 0 aliphatic carbocycles. The first-order valence-corrected chi connectivity index (χ1v) is 9.66. The fourth-order valence-corrected chi connectivity index (χ4v) is 5.13. The summed E-state index contributed by atoms with van der Waals surface area (Å²) in [5.74, 6) is -3.41. The fourth-order valence-electron chi connectivity index (χ4n) is 2.68. The predicted molar refractivity (Wildman–Crippen MR) is 89.4 cm³/mol. The summed E-state index contributed by atoms with van der Waals surface area (Å²) in [6, 6.07) is 4.01. The first-order valence-electron chi connectivity index (χ1n) is 7.43. The average Bonchev–Trinajstić information content (AvgIpc) is 2.47. The summed E-state index contributed by atoms with van der Waals surface area (Å²) in [6.07, 6.45) is -0.416. The molecule has 0 aromatic heterocycles. The van der Waals surface area contributed by atoms with Crippen molar-refractivity contribution in [2.75, 3.05) is 13.1 Å². The van der Waals surface area contributed by atoms with E-state index in [1.807, 2.05) is 0 Å². The topological polar surface area (TPSA) is 66.5 Å². The van der Waals surface area contributed by atoms with Gasteiger partial charge in [0.05, 0.1) is 11.4 Å². The van der Waals surface area contributed by atoms with Crippen LogP contribution >= 0.6 is 15.9 Å². The molecule has 1 amide bonds. The van der Waals surface area contributed by atoms with E-state index in [1.54, 1.807) is 19.1 Å². The van der Waals surface area contributed by atoms with Crippen LogP contribution in [0.1, 0.15) is 25.3 Å². The Morgan fingerprint density at radius 1 is 1.46 bits per heavy atom. The maximum atomic E-state index is 13.8. The van der Waals surface area contributed by atoms with Crippen molar-refractivity contribution in [3.63, 3.8) is 0 Å². The average molecular weight is 425 g/mol. The van der Waals surface area contributed by atoms with E-state index in [1.165, 1.54) is 13.0 Å². The minimum atomic E-state index is -4.11. The van der Waals surface area contributed by atoms with Crippen LogP contribution in [0, 0.1) is 6.92 Å². The van der Waals surface area contributed by atoms with E-state index in [0.29, 0.717) is 10.0 Å². The second kappa shape index (κ2) is 7.05. The number of alkyl halides is 2. The number of amides is 1. The Morgan fingerprint density at radius 3 is 2.75 bits per heavy atom. The fraction of sp³-hybridized carbons (Fsp3) is 0.533. The molecule has 1 fully saturated rings. The number of nitrogens with one attached hydrogen (secondary N) is 1. The zero-order valence-electron chi connectivity index (χ0n) is 13.4. The molecule has 1 N–H and O–H groups in total. The molecular weight excluding hydrogens is 406 g/mol. The summed E-state index contributed by atoms with van der Waals surface area (Å²) >= 11 is 3.21. The smallest absolute Gasteiger partial charge is 0.261 e. The van der Waals surface area contributed by atoms with Gasteiger partial charge in [-0.25, -0.2) is 17.2 Å². The van der Waals surface area contributed by atoms with Crippen LogP contribution in [-0.2, 0) is 14.8 Å². The Balaban J connectivity index is 2.41. The number of benzene rings is 1. The molecule has 5 nitrogen and oxygen atoms in total. The van der Waals surface area contributed by atoms with Gasteiger partial charge < -0.3 is 5.32 Å². The second-order valence-corrected chi connectivity index (χ2v) is 8.72. The third kappa shape index (κ3) is 4.31. The van der Waals surface area contributed by atoms with Crippen LogP contribution in [0.2, 0.25) is 0 Å². The Bertz CT molecular complexity index is 740. The van der Waals surface area contributed by atoms with Crippen molar-refractivity contribution in [3.05, 3.63) is 28.2 Å². The van der Waals surface area contributed by atoms with Crippen LogP contribution in [-0.4, -0.2) is 43.7 Å². The largest absolute Gasteiger partial charge is 0.355 e. The first kappa shape index (κ1) is 19.3. The molecule has 0 bridgehead atoms. The van der Waals surface area contributed by atoms with Gasteiger partial charge in [0.2, 0.25) is 15.9 Å². The van der Waals surface area contributed by atoms with Gasteiger partial charge in [0.25, 0.3) is 5.92 Å². The molecule has 2 rings (SSSR count). The van der Waals surface area contributed by atoms with Crippen molar-refractivity contribution in [1.29, 1.82) is 0 Å². The van der Waals surface area contributed by atoms with Crippen LogP contribution < -0.4 is 5.32 Å². The molecule has 134 valence electrons. The number of aryl methyl sites for hydroxylation is 1. The van der Waals surface area contributed by atoms with E-state index in [-0.39, 0.29) is 23.8 Å². The summed E-state index contributed by atoms with van der Waals surface area (Å²) in [4.78, 5) is 11.1. The van der Waals surface area contributed by atoms with E-state index in [0.717, 1.165) is 4.31 Å². The van der Waals surface area contributed by atoms with Crippen molar-refractivity contribution in [1.82, 2.24) is 9.62 Å². The van der Waals surface area contributed by atoms with E-state index in [9.17, 15) is 22.0 Å². The van der Waals surface area contributed by atoms with Crippen LogP contribution in [0.4, 0.5) is 8.78 Å². The van der Waals surface area contributed by atoms with Gasteiger partial charge in [-0.05, 0) is 31.0 Å². The van der Waals surface area contributed by atoms with E-state index >= 15 is 0 Å². The summed E-state index contributed by atoms with van der Waals surface area (Å²) < 4.78 is 55.0. The summed E-state index contributed by atoms with van der Waals surface area (Å²) in [5.41, 5.74) is 0.477. The molecule has 1 heterocycles. The number of carbonyl (C=O) groups excluding carboxylic acids is 1. The lowest BCUT2D eigenvalue weighted by Crippen LogP contribution is -2.54. The lowest BCUT2D eigenvalue weighted by Gasteiger charge is -2.38.